The third-order valence-corrected chi connectivity index (χ3v) is 2.40. The lowest BCUT2D eigenvalue weighted by atomic mass is 10.3. The van der Waals surface area contributed by atoms with Crippen molar-refractivity contribution in [3.05, 3.63) is 23.4 Å². The molecule has 0 fully saturated rings. The Hall–Kier alpha value is -1.13. The second-order valence-corrected chi connectivity index (χ2v) is 3.82. The van der Waals surface area contributed by atoms with Gasteiger partial charge in [0.15, 0.2) is 5.82 Å². The summed E-state index contributed by atoms with van der Waals surface area (Å²) in [6, 6.07) is 3.37. The van der Waals surface area contributed by atoms with Crippen LogP contribution in [0, 0.1) is 0 Å². The first-order valence-corrected chi connectivity index (χ1v) is 5.53. The number of pyridine rings is 1. The minimum absolute atomic E-state index is 0.0158. The minimum Gasteiger partial charge on any atom is -0.369 e. The number of anilines is 1. The van der Waals surface area contributed by atoms with E-state index in [1.807, 2.05) is 13.8 Å². The molecule has 0 bridgehead atoms. The highest BCUT2D eigenvalue weighted by molar-refractivity contribution is 6.33. The lowest BCUT2D eigenvalue weighted by Crippen LogP contribution is -2.22. The van der Waals surface area contributed by atoms with Gasteiger partial charge in [0, 0.05) is 6.20 Å². The zero-order valence-corrected chi connectivity index (χ0v) is 10.1. The van der Waals surface area contributed by atoms with E-state index in [9.17, 15) is 4.79 Å². The van der Waals surface area contributed by atoms with Crippen molar-refractivity contribution in [1.29, 1.82) is 0 Å². The molecule has 4 nitrogen and oxygen atoms in total. The van der Waals surface area contributed by atoms with Crippen LogP contribution in [-0.2, 0) is 9.53 Å². The summed E-state index contributed by atoms with van der Waals surface area (Å²) in [5, 5.41) is 3.00. The Morgan fingerprint density at radius 2 is 2.44 bits per heavy atom. The van der Waals surface area contributed by atoms with Crippen LogP contribution in [0.4, 0.5) is 5.82 Å². The number of hydrogen-bond donors (Lipinski definition) is 1. The Morgan fingerprint density at radius 3 is 3.06 bits per heavy atom. The molecule has 1 N–H and O–H groups in total. The summed E-state index contributed by atoms with van der Waals surface area (Å²) in [5.74, 6) is 0.114. The molecular formula is C11H15ClN2O2. The molecule has 0 aliphatic rings. The third-order valence-electron chi connectivity index (χ3n) is 2.09. The Labute approximate surface area is 100.0 Å². The van der Waals surface area contributed by atoms with Crippen molar-refractivity contribution < 1.29 is 9.53 Å². The molecule has 0 spiro atoms. The molecule has 1 amide bonds. The fourth-order valence-corrected chi connectivity index (χ4v) is 1.15. The van der Waals surface area contributed by atoms with Crippen molar-refractivity contribution >= 4 is 23.3 Å². The van der Waals surface area contributed by atoms with E-state index in [0.29, 0.717) is 10.8 Å². The van der Waals surface area contributed by atoms with E-state index in [2.05, 4.69) is 10.3 Å². The predicted molar refractivity (Wildman–Crippen MR) is 63.6 cm³/mol. The molecule has 5 heteroatoms. The summed E-state index contributed by atoms with van der Waals surface area (Å²) in [5.41, 5.74) is 0. The fourth-order valence-electron chi connectivity index (χ4n) is 0.982. The number of aromatic nitrogens is 1. The molecule has 0 aromatic carbocycles. The van der Waals surface area contributed by atoms with Crippen molar-refractivity contribution in [3.8, 4) is 0 Å². The summed E-state index contributed by atoms with van der Waals surface area (Å²) < 4.78 is 5.28. The maximum absolute atomic E-state index is 11.5. The highest BCUT2D eigenvalue weighted by Crippen LogP contribution is 2.16. The number of halogens is 1. The van der Waals surface area contributed by atoms with Crippen LogP contribution >= 0.6 is 11.6 Å². The van der Waals surface area contributed by atoms with Gasteiger partial charge in [0.25, 0.3) is 5.91 Å². The molecule has 1 unspecified atom stereocenters. The summed E-state index contributed by atoms with van der Waals surface area (Å²) in [4.78, 5) is 15.4. The van der Waals surface area contributed by atoms with Gasteiger partial charge in [-0.1, -0.05) is 18.5 Å². The summed E-state index contributed by atoms with van der Waals surface area (Å²) in [6.45, 7) is 3.93. The topological polar surface area (TPSA) is 51.2 Å². The average Bonchev–Trinajstić information content (AvgIpc) is 2.29. The highest BCUT2D eigenvalue weighted by Gasteiger charge is 2.08. The SMILES string of the molecule is CCC(C)OCC(=O)Nc1ncccc1Cl. The van der Waals surface area contributed by atoms with Crippen LogP contribution in [0.15, 0.2) is 18.3 Å². The van der Waals surface area contributed by atoms with E-state index in [-0.39, 0.29) is 18.6 Å². The summed E-state index contributed by atoms with van der Waals surface area (Å²) in [6.07, 6.45) is 2.51. The van der Waals surface area contributed by atoms with Crippen LogP contribution in [0.2, 0.25) is 5.02 Å². The zero-order chi connectivity index (χ0) is 12.0. The van der Waals surface area contributed by atoms with E-state index >= 15 is 0 Å². The lowest BCUT2D eigenvalue weighted by Gasteiger charge is -2.10. The molecule has 88 valence electrons. The number of carbonyl (C=O) groups excluding carboxylic acids is 1. The molecule has 0 aliphatic carbocycles. The molecule has 0 radical (unpaired) electrons. The second kappa shape index (κ2) is 6.45. The number of rotatable bonds is 5. The summed E-state index contributed by atoms with van der Waals surface area (Å²) >= 11 is 5.84. The van der Waals surface area contributed by atoms with Gasteiger partial charge in [-0.05, 0) is 25.5 Å². The monoisotopic (exact) mass is 242 g/mol. The van der Waals surface area contributed by atoms with Crippen molar-refractivity contribution in [3.63, 3.8) is 0 Å². The second-order valence-electron chi connectivity index (χ2n) is 3.41. The molecule has 1 aromatic rings. The van der Waals surface area contributed by atoms with Gasteiger partial charge in [0.2, 0.25) is 0 Å². The van der Waals surface area contributed by atoms with E-state index < -0.39 is 0 Å². The van der Waals surface area contributed by atoms with Crippen molar-refractivity contribution in [1.82, 2.24) is 4.98 Å². The first kappa shape index (κ1) is 12.9. The van der Waals surface area contributed by atoms with Crippen molar-refractivity contribution in [2.75, 3.05) is 11.9 Å². The van der Waals surface area contributed by atoms with Crippen LogP contribution in [0.1, 0.15) is 20.3 Å². The van der Waals surface area contributed by atoms with Crippen molar-refractivity contribution in [2.45, 2.75) is 26.4 Å². The van der Waals surface area contributed by atoms with Gasteiger partial charge in [-0.3, -0.25) is 4.79 Å². The van der Waals surface area contributed by atoms with Gasteiger partial charge in [-0.15, -0.1) is 0 Å². The van der Waals surface area contributed by atoms with Crippen LogP contribution in [0.3, 0.4) is 0 Å². The third kappa shape index (κ3) is 4.16. The predicted octanol–water partition coefficient (Wildman–Crippen LogP) is 2.49. The first-order chi connectivity index (χ1) is 7.63. The maximum atomic E-state index is 11.5. The molecule has 0 saturated carbocycles. The quantitative estimate of drug-likeness (QED) is 0.863. The van der Waals surface area contributed by atoms with Gasteiger partial charge >= 0.3 is 0 Å². The van der Waals surface area contributed by atoms with Gasteiger partial charge in [0.1, 0.15) is 6.61 Å². The fraction of sp³-hybridized carbons (Fsp3) is 0.455. The minimum atomic E-state index is -0.249. The molecular weight excluding hydrogens is 228 g/mol. The van der Waals surface area contributed by atoms with Gasteiger partial charge < -0.3 is 10.1 Å². The molecule has 1 heterocycles. The number of carbonyl (C=O) groups is 1. The largest absolute Gasteiger partial charge is 0.369 e. The Bertz CT molecular complexity index is 358. The summed E-state index contributed by atoms with van der Waals surface area (Å²) in [7, 11) is 0. The van der Waals surface area contributed by atoms with Crippen LogP contribution in [-0.4, -0.2) is 23.6 Å². The van der Waals surface area contributed by atoms with Crippen LogP contribution in [0.5, 0.6) is 0 Å². The number of nitrogens with zero attached hydrogens (tertiary/aromatic N) is 1. The molecule has 0 saturated heterocycles. The van der Waals surface area contributed by atoms with Crippen LogP contribution < -0.4 is 5.32 Å². The number of ether oxygens (including phenoxy) is 1. The smallest absolute Gasteiger partial charge is 0.251 e. The Morgan fingerprint density at radius 1 is 1.69 bits per heavy atom. The van der Waals surface area contributed by atoms with E-state index in [0.717, 1.165) is 6.42 Å². The molecule has 1 aromatic heterocycles. The van der Waals surface area contributed by atoms with Gasteiger partial charge in [-0.25, -0.2) is 4.98 Å². The Balaban J connectivity index is 2.43. The van der Waals surface area contributed by atoms with Gasteiger partial charge in [-0.2, -0.15) is 0 Å². The van der Waals surface area contributed by atoms with Crippen molar-refractivity contribution in [2.24, 2.45) is 0 Å². The molecule has 1 rings (SSSR count). The number of nitrogens with one attached hydrogen (secondary N) is 1. The molecule has 16 heavy (non-hydrogen) atoms. The number of hydrogen-bond acceptors (Lipinski definition) is 3. The Kier molecular flexibility index (Phi) is 5.22. The lowest BCUT2D eigenvalue weighted by molar-refractivity contribution is -0.122. The number of amides is 1. The average molecular weight is 243 g/mol. The zero-order valence-electron chi connectivity index (χ0n) is 9.37. The highest BCUT2D eigenvalue weighted by atomic mass is 35.5. The van der Waals surface area contributed by atoms with E-state index in [1.54, 1.807) is 18.3 Å². The van der Waals surface area contributed by atoms with E-state index in [1.165, 1.54) is 0 Å². The molecule has 1 atom stereocenters. The van der Waals surface area contributed by atoms with E-state index in [4.69, 9.17) is 16.3 Å². The molecule has 0 aliphatic heterocycles. The first-order valence-electron chi connectivity index (χ1n) is 5.15. The maximum Gasteiger partial charge on any atom is 0.251 e. The normalized spacial score (nSPS) is 12.2. The van der Waals surface area contributed by atoms with Gasteiger partial charge in [0.05, 0.1) is 11.1 Å². The van der Waals surface area contributed by atoms with Crippen LogP contribution in [0.25, 0.3) is 0 Å². The standard InChI is InChI=1S/C11H15ClN2O2/c1-3-8(2)16-7-10(15)14-11-9(12)5-4-6-13-11/h4-6,8H,3,7H2,1-2H3,(H,13,14,15).